The lowest BCUT2D eigenvalue weighted by atomic mass is 9.93. The van der Waals surface area contributed by atoms with E-state index in [4.69, 9.17) is 4.74 Å². The van der Waals surface area contributed by atoms with E-state index in [0.29, 0.717) is 29.8 Å². The Balaban J connectivity index is 1.91. The van der Waals surface area contributed by atoms with Gasteiger partial charge in [0.25, 0.3) is 5.91 Å². The van der Waals surface area contributed by atoms with Gasteiger partial charge in [0.05, 0.1) is 13.0 Å². The molecule has 2 heterocycles. The molecule has 1 aliphatic heterocycles. The number of nitrogens with zero attached hydrogens (tertiary/aromatic N) is 5. The van der Waals surface area contributed by atoms with Crippen LogP contribution in [0.3, 0.4) is 0 Å². The molecule has 2 unspecified atom stereocenters. The molecule has 1 aromatic carbocycles. The lowest BCUT2D eigenvalue weighted by Gasteiger charge is -2.36. The minimum absolute atomic E-state index is 0.0123. The maximum Gasteiger partial charge on any atom is 0.308 e. The van der Waals surface area contributed by atoms with E-state index in [9.17, 15) is 14.7 Å². The summed E-state index contributed by atoms with van der Waals surface area (Å²) >= 11 is 0. The summed E-state index contributed by atoms with van der Waals surface area (Å²) in [6.07, 6.45) is 2.66. The van der Waals surface area contributed by atoms with Gasteiger partial charge in [-0.1, -0.05) is 0 Å². The molecule has 0 radical (unpaired) electrons. The number of likely N-dealkylation sites (tertiary alicyclic amines) is 1. The normalized spacial score (nSPS) is 20.3. The predicted molar refractivity (Wildman–Crippen MR) is 86.6 cm³/mol. The first-order chi connectivity index (χ1) is 12.0. The molecule has 0 aliphatic carbocycles. The van der Waals surface area contributed by atoms with Crippen LogP contribution in [0.1, 0.15) is 30.1 Å². The van der Waals surface area contributed by atoms with Crippen LogP contribution >= 0.6 is 0 Å². The molecule has 2 aromatic rings. The third kappa shape index (κ3) is 3.30. The Labute approximate surface area is 144 Å². The summed E-state index contributed by atoms with van der Waals surface area (Å²) in [5.74, 6) is -1.08. The van der Waals surface area contributed by atoms with Crippen LogP contribution in [0.2, 0.25) is 0 Å². The molecule has 25 heavy (non-hydrogen) atoms. The van der Waals surface area contributed by atoms with Crippen LogP contribution in [0.5, 0.6) is 5.75 Å². The second-order valence-electron chi connectivity index (χ2n) is 6.06. The van der Waals surface area contributed by atoms with Crippen molar-refractivity contribution in [2.24, 2.45) is 5.92 Å². The highest BCUT2D eigenvalue weighted by atomic mass is 16.5. The molecule has 9 heteroatoms. The van der Waals surface area contributed by atoms with E-state index < -0.39 is 11.9 Å². The Morgan fingerprint density at radius 3 is 2.76 bits per heavy atom. The summed E-state index contributed by atoms with van der Waals surface area (Å²) in [6, 6.07) is 4.97. The molecule has 0 saturated carbocycles. The molecule has 9 nitrogen and oxygen atoms in total. The van der Waals surface area contributed by atoms with E-state index in [-0.39, 0.29) is 18.5 Å². The number of rotatable bonds is 4. The van der Waals surface area contributed by atoms with Crippen LogP contribution in [0.15, 0.2) is 24.5 Å². The smallest absolute Gasteiger partial charge is 0.308 e. The molecule has 1 N–H and O–H groups in total. The number of aromatic nitrogens is 4. The number of methoxy groups -OCH3 is 1. The fourth-order valence-electron chi connectivity index (χ4n) is 3.03. The minimum Gasteiger partial charge on any atom is -0.494 e. The van der Waals surface area contributed by atoms with Gasteiger partial charge < -0.3 is 14.7 Å². The van der Waals surface area contributed by atoms with Gasteiger partial charge >= 0.3 is 5.97 Å². The van der Waals surface area contributed by atoms with Gasteiger partial charge in [0, 0.05) is 18.2 Å². The van der Waals surface area contributed by atoms with Crippen LogP contribution < -0.4 is 4.74 Å². The number of aliphatic carboxylic acids is 1. The SMILES string of the molecule is COc1ccc(C(=O)N2CC(C(=O)O)CCC2C)cc1-n1cnnn1. The number of carboxylic acids is 1. The van der Waals surface area contributed by atoms with Gasteiger partial charge in [0.2, 0.25) is 0 Å². The number of ether oxygens (including phenoxy) is 1. The standard InChI is InChI=1S/C16H19N5O4/c1-10-3-4-12(16(23)24)8-20(10)15(22)11-5-6-14(25-2)13(7-11)21-9-17-18-19-21/h5-7,9-10,12H,3-4,8H2,1-2H3,(H,23,24). The van der Waals surface area contributed by atoms with Crippen LogP contribution in [0, 0.1) is 5.92 Å². The number of hydrogen-bond donors (Lipinski definition) is 1. The van der Waals surface area contributed by atoms with Gasteiger partial charge in [-0.25, -0.2) is 0 Å². The molecule has 132 valence electrons. The topological polar surface area (TPSA) is 110 Å². The largest absolute Gasteiger partial charge is 0.494 e. The Hall–Kier alpha value is -2.97. The summed E-state index contributed by atoms with van der Waals surface area (Å²) in [5.41, 5.74) is 0.974. The van der Waals surface area contributed by atoms with Gasteiger partial charge in [-0.05, 0) is 48.4 Å². The maximum absolute atomic E-state index is 12.9. The Morgan fingerprint density at radius 1 is 1.32 bits per heavy atom. The van der Waals surface area contributed by atoms with Crippen molar-refractivity contribution in [2.45, 2.75) is 25.8 Å². The second-order valence-corrected chi connectivity index (χ2v) is 6.06. The van der Waals surface area contributed by atoms with E-state index in [0.717, 1.165) is 0 Å². The van der Waals surface area contributed by atoms with Crippen molar-refractivity contribution in [1.82, 2.24) is 25.1 Å². The number of carboxylic acid groups (broad SMARTS) is 1. The zero-order valence-electron chi connectivity index (χ0n) is 14.0. The van der Waals surface area contributed by atoms with E-state index in [1.807, 2.05) is 6.92 Å². The minimum atomic E-state index is -0.867. The van der Waals surface area contributed by atoms with Crippen LogP contribution in [-0.4, -0.2) is 61.8 Å². The van der Waals surface area contributed by atoms with Gasteiger partial charge in [0.15, 0.2) is 0 Å². The summed E-state index contributed by atoms with van der Waals surface area (Å²) in [5, 5.41) is 20.3. The monoisotopic (exact) mass is 345 g/mol. The number of benzene rings is 1. The molecule has 0 spiro atoms. The Kier molecular flexibility index (Phi) is 4.64. The molecule has 3 rings (SSSR count). The molecule has 1 saturated heterocycles. The summed E-state index contributed by atoms with van der Waals surface area (Å²) in [6.45, 7) is 2.14. The van der Waals surface area contributed by atoms with E-state index in [1.54, 1.807) is 23.1 Å². The quantitative estimate of drug-likeness (QED) is 0.880. The van der Waals surface area contributed by atoms with E-state index >= 15 is 0 Å². The van der Waals surface area contributed by atoms with Crippen molar-refractivity contribution in [3.05, 3.63) is 30.1 Å². The van der Waals surface area contributed by atoms with E-state index in [2.05, 4.69) is 15.5 Å². The average Bonchev–Trinajstić information content (AvgIpc) is 3.15. The number of piperidine rings is 1. The molecular weight excluding hydrogens is 326 g/mol. The summed E-state index contributed by atoms with van der Waals surface area (Å²) < 4.78 is 6.71. The molecule has 1 aromatic heterocycles. The first kappa shape index (κ1) is 16.9. The zero-order valence-corrected chi connectivity index (χ0v) is 14.0. The number of carbonyl (C=O) groups is 2. The third-order valence-electron chi connectivity index (χ3n) is 4.51. The van der Waals surface area contributed by atoms with Crippen molar-refractivity contribution in [1.29, 1.82) is 0 Å². The fourth-order valence-corrected chi connectivity index (χ4v) is 3.03. The fraction of sp³-hybridized carbons (Fsp3) is 0.438. The van der Waals surface area contributed by atoms with Gasteiger partial charge in [-0.2, -0.15) is 4.68 Å². The van der Waals surface area contributed by atoms with Crippen molar-refractivity contribution < 1.29 is 19.4 Å². The Morgan fingerprint density at radius 2 is 2.12 bits per heavy atom. The maximum atomic E-state index is 12.9. The number of hydrogen-bond acceptors (Lipinski definition) is 6. The Bertz CT molecular complexity index is 777. The van der Waals surface area contributed by atoms with Gasteiger partial charge in [-0.15, -0.1) is 5.10 Å². The van der Waals surface area contributed by atoms with Crippen LogP contribution in [0.4, 0.5) is 0 Å². The lowest BCUT2D eigenvalue weighted by molar-refractivity contribution is -0.143. The number of carbonyl (C=O) groups excluding carboxylic acids is 1. The van der Waals surface area contributed by atoms with Crippen molar-refractivity contribution >= 4 is 11.9 Å². The van der Waals surface area contributed by atoms with Gasteiger partial charge in [-0.3, -0.25) is 9.59 Å². The number of tetrazole rings is 1. The highest BCUT2D eigenvalue weighted by Gasteiger charge is 2.33. The predicted octanol–water partition coefficient (Wildman–Crippen LogP) is 0.996. The third-order valence-corrected chi connectivity index (χ3v) is 4.51. The second kappa shape index (κ2) is 6.88. The highest BCUT2D eigenvalue weighted by Crippen LogP contribution is 2.27. The van der Waals surface area contributed by atoms with Gasteiger partial charge in [0.1, 0.15) is 17.8 Å². The van der Waals surface area contributed by atoms with Crippen molar-refractivity contribution in [3.63, 3.8) is 0 Å². The molecule has 0 bridgehead atoms. The summed E-state index contributed by atoms with van der Waals surface area (Å²) in [4.78, 5) is 25.8. The summed E-state index contributed by atoms with van der Waals surface area (Å²) in [7, 11) is 1.52. The first-order valence-corrected chi connectivity index (χ1v) is 7.96. The molecular formula is C16H19N5O4. The van der Waals surface area contributed by atoms with E-state index in [1.165, 1.54) is 18.1 Å². The van der Waals surface area contributed by atoms with Crippen LogP contribution in [-0.2, 0) is 4.79 Å². The lowest BCUT2D eigenvalue weighted by Crippen LogP contribution is -2.47. The molecule has 1 amide bonds. The van der Waals surface area contributed by atoms with Crippen LogP contribution in [0.25, 0.3) is 5.69 Å². The molecule has 1 aliphatic rings. The van der Waals surface area contributed by atoms with Crippen molar-refractivity contribution in [2.75, 3.05) is 13.7 Å². The first-order valence-electron chi connectivity index (χ1n) is 7.96. The molecule has 1 fully saturated rings. The highest BCUT2D eigenvalue weighted by molar-refractivity contribution is 5.95. The number of amides is 1. The zero-order chi connectivity index (χ0) is 18.0. The van der Waals surface area contributed by atoms with Crippen molar-refractivity contribution in [3.8, 4) is 11.4 Å². The molecule has 2 atom stereocenters. The average molecular weight is 345 g/mol.